The Bertz CT molecular complexity index is 1810. The molecule has 370 valence electrons. The number of hydrogen-bond acceptors (Lipinski definition) is 16. The maximum Gasteiger partial charge on any atom is 0.310 e. The molecule has 0 radical (unpaired) electrons. The smallest absolute Gasteiger partial charge is 0.310 e. The van der Waals surface area contributed by atoms with Crippen molar-refractivity contribution in [2.24, 2.45) is 50.2 Å². The minimum absolute atomic E-state index is 0.00129. The number of fused-ring (bicyclic) bond motifs is 7. The molecule has 3 aliphatic heterocycles. The Morgan fingerprint density at radius 2 is 1.34 bits per heavy atom. The van der Waals surface area contributed by atoms with E-state index in [1.54, 1.807) is 0 Å². The van der Waals surface area contributed by atoms with Crippen LogP contribution >= 0.6 is 0 Å². The molecule has 22 atom stereocenters. The quantitative estimate of drug-likeness (QED) is 0.0939. The Labute approximate surface area is 382 Å². The lowest BCUT2D eigenvalue weighted by atomic mass is 9.33. The van der Waals surface area contributed by atoms with Crippen LogP contribution in [-0.2, 0) is 42.7 Å². The van der Waals surface area contributed by atoms with Crippen molar-refractivity contribution in [3.8, 4) is 0 Å². The number of carbonyl (C=O) groups is 2. The number of aliphatic hydroxyl groups is 7. The lowest BCUT2D eigenvalue weighted by Gasteiger charge is -2.71. The molecule has 3 saturated heterocycles. The van der Waals surface area contributed by atoms with Gasteiger partial charge in [0.15, 0.2) is 25.0 Å². The molecule has 5 aliphatic carbocycles. The van der Waals surface area contributed by atoms with Crippen LogP contribution in [0.2, 0.25) is 0 Å². The van der Waals surface area contributed by atoms with E-state index in [0.717, 1.165) is 51.9 Å². The van der Waals surface area contributed by atoms with Crippen LogP contribution in [0.4, 0.5) is 0 Å². The van der Waals surface area contributed by atoms with Gasteiger partial charge in [0.1, 0.15) is 48.8 Å². The first kappa shape index (κ1) is 49.6. The summed E-state index contributed by atoms with van der Waals surface area (Å²) in [4.78, 5) is 25.0. The highest BCUT2D eigenvalue weighted by molar-refractivity contribution is 5.76. The van der Waals surface area contributed by atoms with Crippen molar-refractivity contribution in [2.45, 2.75) is 206 Å². The summed E-state index contributed by atoms with van der Waals surface area (Å²) in [6.45, 7) is 15.6. The molecule has 17 heteroatoms. The summed E-state index contributed by atoms with van der Waals surface area (Å²) in [6, 6.07) is 0. The highest BCUT2D eigenvalue weighted by Gasteiger charge is 2.70. The van der Waals surface area contributed by atoms with Crippen molar-refractivity contribution < 1.29 is 83.6 Å². The SMILES string of the molecule is CC(=O)O[C@H]1[C@H](O[C@@H]2[C@@H](O)[C@H](C)O[C@@H](O[C@H]3[C@H](O[C@H]4CC[C@@]5(C)[C@H](CC[C@]6(C)[C@@H]5CC=C5[C@@H]7CC(C)(C)CC[C@]7(C(=O)O)CC[C@]56C)[C@]4(C)CO)OC[C@H](O)[C@@H]3O)[C@@H]2O)OC[C@@H](O)[C@@H]1O. The Balaban J connectivity index is 1.01. The topological polar surface area (TPSA) is 261 Å². The molecule has 0 unspecified atom stereocenters. The largest absolute Gasteiger partial charge is 0.481 e. The van der Waals surface area contributed by atoms with Crippen molar-refractivity contribution in [2.75, 3.05) is 19.8 Å². The first-order valence-corrected chi connectivity index (χ1v) is 24.0. The third-order valence-electron chi connectivity index (χ3n) is 19.0. The normalized spacial score (nSPS) is 53.0. The fourth-order valence-corrected chi connectivity index (χ4v) is 14.8. The van der Waals surface area contributed by atoms with Crippen molar-refractivity contribution in [3.63, 3.8) is 0 Å². The van der Waals surface area contributed by atoms with Crippen molar-refractivity contribution in [1.29, 1.82) is 0 Å². The number of carboxylic acids is 1. The van der Waals surface area contributed by atoms with Gasteiger partial charge in [-0.25, -0.2) is 0 Å². The van der Waals surface area contributed by atoms with E-state index in [9.17, 15) is 50.4 Å². The Kier molecular flexibility index (Phi) is 13.4. The Morgan fingerprint density at radius 1 is 0.723 bits per heavy atom. The number of rotatable bonds is 9. The van der Waals surface area contributed by atoms with Crippen LogP contribution in [0.3, 0.4) is 0 Å². The molecule has 3 heterocycles. The molecule has 4 saturated carbocycles. The van der Waals surface area contributed by atoms with Gasteiger partial charge in [-0.15, -0.1) is 0 Å². The number of allylic oxidation sites excluding steroid dienone is 2. The molecule has 8 rings (SSSR count). The number of ether oxygens (including phenoxy) is 7. The predicted octanol–water partition coefficient (Wildman–Crippen LogP) is 2.56. The summed E-state index contributed by atoms with van der Waals surface area (Å²) in [7, 11) is 0. The van der Waals surface area contributed by atoms with E-state index in [2.05, 4.69) is 47.6 Å². The number of aliphatic hydroxyl groups excluding tert-OH is 7. The molecule has 0 aromatic heterocycles. The molecule has 0 aromatic rings. The zero-order chi connectivity index (χ0) is 47.4. The zero-order valence-corrected chi connectivity index (χ0v) is 39.3. The molecule has 65 heavy (non-hydrogen) atoms. The van der Waals surface area contributed by atoms with E-state index in [-0.39, 0.29) is 52.6 Å². The summed E-state index contributed by atoms with van der Waals surface area (Å²) < 4.78 is 41.7. The molecular formula is C48H76O17. The third-order valence-corrected chi connectivity index (χ3v) is 19.0. The molecule has 0 aromatic carbocycles. The fourth-order valence-electron chi connectivity index (χ4n) is 14.8. The van der Waals surface area contributed by atoms with Gasteiger partial charge in [0.25, 0.3) is 0 Å². The second-order valence-corrected chi connectivity index (χ2v) is 23.0. The number of aliphatic carboxylic acids is 1. The van der Waals surface area contributed by atoms with Crippen LogP contribution in [0, 0.1) is 50.2 Å². The van der Waals surface area contributed by atoms with Gasteiger partial charge in [0, 0.05) is 12.3 Å². The molecule has 0 amide bonds. The van der Waals surface area contributed by atoms with Crippen LogP contribution in [0.15, 0.2) is 11.6 Å². The molecule has 0 bridgehead atoms. The highest BCUT2D eigenvalue weighted by Crippen LogP contribution is 2.76. The second kappa shape index (κ2) is 17.5. The molecular weight excluding hydrogens is 849 g/mol. The Hall–Kier alpha value is -1.84. The summed E-state index contributed by atoms with van der Waals surface area (Å²) in [6.07, 6.45) is -9.39. The number of esters is 1. The van der Waals surface area contributed by atoms with E-state index >= 15 is 0 Å². The standard InChI is InChI=1S/C48H76O17/c1-23-32(53)36(64-41-37(62-24(2)50)33(54)27(51)21-60-41)35(56)39(61-23)65-38-34(55)28(52)20-59-40(38)63-31-12-13-44(5)29(45(31,6)22-49)11-14-47(8)30(44)10-9-25-26-19-43(3,4)15-17-48(26,42(57)58)18-16-46(25,47)7/h9,23,26-41,49,51-56H,10-22H2,1-8H3,(H,57,58)/t23-,26-,27+,28-,29-,30+,31-,32-,33-,34-,35+,36+,37+,38+,39-,40-,41-,44-,45-,46+,47+,48-/m0/s1. The number of carbonyl (C=O) groups excluding carboxylic acids is 1. The van der Waals surface area contributed by atoms with E-state index in [0.29, 0.717) is 19.3 Å². The molecule has 8 N–H and O–H groups in total. The van der Waals surface area contributed by atoms with Gasteiger partial charge in [0.2, 0.25) is 0 Å². The maximum absolute atomic E-state index is 13.1. The number of carboxylic acid groups (broad SMARTS) is 1. The van der Waals surface area contributed by atoms with Gasteiger partial charge in [-0.05, 0) is 111 Å². The molecule has 17 nitrogen and oxygen atoms in total. The minimum Gasteiger partial charge on any atom is -0.481 e. The fraction of sp³-hybridized carbons (Fsp3) is 0.917. The summed E-state index contributed by atoms with van der Waals surface area (Å²) in [5.41, 5.74) is -0.589. The van der Waals surface area contributed by atoms with E-state index in [4.69, 9.17) is 33.2 Å². The summed E-state index contributed by atoms with van der Waals surface area (Å²) in [5, 5.41) is 88.1. The second-order valence-electron chi connectivity index (χ2n) is 23.0. The lowest BCUT2D eigenvalue weighted by molar-refractivity contribution is -0.379. The summed E-state index contributed by atoms with van der Waals surface area (Å²) in [5.74, 6) is -1.17. The third kappa shape index (κ3) is 7.96. The first-order valence-electron chi connectivity index (χ1n) is 24.0. The van der Waals surface area contributed by atoms with Crippen LogP contribution in [0.1, 0.15) is 120 Å². The van der Waals surface area contributed by atoms with Gasteiger partial charge in [-0.1, -0.05) is 53.2 Å². The summed E-state index contributed by atoms with van der Waals surface area (Å²) >= 11 is 0. The monoisotopic (exact) mass is 925 g/mol. The zero-order valence-electron chi connectivity index (χ0n) is 39.3. The first-order chi connectivity index (χ1) is 30.4. The average Bonchev–Trinajstić information content (AvgIpc) is 3.24. The van der Waals surface area contributed by atoms with Crippen LogP contribution in [0.5, 0.6) is 0 Å². The minimum atomic E-state index is -1.77. The van der Waals surface area contributed by atoms with E-state index in [1.807, 2.05) is 0 Å². The van der Waals surface area contributed by atoms with Crippen molar-refractivity contribution in [3.05, 3.63) is 11.6 Å². The molecule has 8 aliphatic rings. The average molecular weight is 925 g/mol. The van der Waals surface area contributed by atoms with Crippen molar-refractivity contribution >= 4 is 11.9 Å². The van der Waals surface area contributed by atoms with Crippen LogP contribution in [0.25, 0.3) is 0 Å². The van der Waals surface area contributed by atoms with Gasteiger partial charge in [-0.2, -0.15) is 0 Å². The van der Waals surface area contributed by atoms with Gasteiger partial charge < -0.3 is 74.0 Å². The molecule has 0 spiro atoms. The van der Waals surface area contributed by atoms with Crippen molar-refractivity contribution in [1.82, 2.24) is 0 Å². The van der Waals surface area contributed by atoms with Gasteiger partial charge in [0.05, 0.1) is 37.4 Å². The van der Waals surface area contributed by atoms with E-state index < -0.39 is 115 Å². The van der Waals surface area contributed by atoms with Gasteiger partial charge >= 0.3 is 11.9 Å². The van der Waals surface area contributed by atoms with Gasteiger partial charge in [-0.3, -0.25) is 9.59 Å². The van der Waals surface area contributed by atoms with Crippen LogP contribution < -0.4 is 0 Å². The lowest BCUT2D eigenvalue weighted by Crippen LogP contribution is -2.67. The maximum atomic E-state index is 13.1. The highest BCUT2D eigenvalue weighted by atomic mass is 16.8. The predicted molar refractivity (Wildman–Crippen MR) is 228 cm³/mol. The van der Waals surface area contributed by atoms with E-state index in [1.165, 1.54) is 12.5 Å². The number of hydrogen-bond donors (Lipinski definition) is 8. The Morgan fingerprint density at radius 3 is 1.97 bits per heavy atom. The molecule has 7 fully saturated rings. The van der Waals surface area contributed by atoms with Crippen LogP contribution in [-0.4, -0.2) is 159 Å².